The van der Waals surface area contributed by atoms with Crippen LogP contribution in [0.1, 0.15) is 64.7 Å². The molecule has 2 aromatic heterocycles. The number of ether oxygens (including phenoxy) is 2. The summed E-state index contributed by atoms with van der Waals surface area (Å²) in [6.45, 7) is 8.96. The number of amides is 1. The molecule has 0 unspecified atom stereocenters. The molecule has 0 radical (unpaired) electrons. The Balaban J connectivity index is 1.66. The van der Waals surface area contributed by atoms with Gasteiger partial charge < -0.3 is 18.8 Å². The number of hydrogen-bond acceptors (Lipinski definition) is 6. The zero-order valence-corrected chi connectivity index (χ0v) is 22.4. The fraction of sp³-hybridized carbons (Fsp3) is 0.323. The van der Waals surface area contributed by atoms with Crippen LogP contribution in [0.2, 0.25) is 0 Å². The van der Waals surface area contributed by atoms with Crippen LogP contribution in [-0.2, 0) is 6.54 Å². The van der Waals surface area contributed by atoms with Crippen molar-refractivity contribution in [2.75, 3.05) is 13.7 Å². The Kier molecular flexibility index (Phi) is 6.93. The van der Waals surface area contributed by atoms with E-state index in [1.54, 1.807) is 24.4 Å². The molecule has 0 bridgehead atoms. The van der Waals surface area contributed by atoms with Crippen LogP contribution in [0, 0.1) is 19.8 Å². The van der Waals surface area contributed by atoms with Gasteiger partial charge in [0.05, 0.1) is 30.7 Å². The Morgan fingerprint density at radius 3 is 2.61 bits per heavy atom. The number of aryl methyl sites for hydroxylation is 2. The van der Waals surface area contributed by atoms with Crippen LogP contribution >= 0.6 is 0 Å². The van der Waals surface area contributed by atoms with E-state index in [9.17, 15) is 9.59 Å². The third kappa shape index (κ3) is 4.64. The molecule has 0 spiro atoms. The van der Waals surface area contributed by atoms with Gasteiger partial charge in [0, 0.05) is 18.9 Å². The van der Waals surface area contributed by atoms with Gasteiger partial charge in [0.25, 0.3) is 5.91 Å². The van der Waals surface area contributed by atoms with Gasteiger partial charge >= 0.3 is 0 Å². The van der Waals surface area contributed by atoms with E-state index in [1.165, 1.54) is 0 Å². The van der Waals surface area contributed by atoms with Crippen LogP contribution < -0.4 is 14.9 Å². The molecule has 38 heavy (non-hydrogen) atoms. The molecule has 3 heterocycles. The highest BCUT2D eigenvalue weighted by Gasteiger charge is 2.43. The minimum Gasteiger partial charge on any atom is -0.493 e. The van der Waals surface area contributed by atoms with Crippen molar-refractivity contribution in [3.05, 3.63) is 98.7 Å². The SMILES string of the molecule is COc1cc([C@H]2c3c(oc4c(C)cc(C)cc4c3=O)C(=O)N2Cc2cccnc2)ccc1OCCC(C)C. The van der Waals surface area contributed by atoms with Crippen molar-refractivity contribution < 1.29 is 18.7 Å². The predicted octanol–water partition coefficient (Wildman–Crippen LogP) is 5.98. The average Bonchev–Trinajstić information content (AvgIpc) is 3.17. The van der Waals surface area contributed by atoms with Gasteiger partial charge in [-0.15, -0.1) is 0 Å². The van der Waals surface area contributed by atoms with Crippen molar-refractivity contribution in [2.24, 2.45) is 5.92 Å². The van der Waals surface area contributed by atoms with Crippen LogP contribution in [0.5, 0.6) is 11.5 Å². The second-order valence-electron chi connectivity index (χ2n) is 10.3. The average molecular weight is 513 g/mol. The number of benzene rings is 2. The molecule has 0 N–H and O–H groups in total. The number of hydrogen-bond donors (Lipinski definition) is 0. The Hall–Kier alpha value is -4.13. The van der Waals surface area contributed by atoms with E-state index in [1.807, 2.05) is 56.3 Å². The largest absolute Gasteiger partial charge is 0.493 e. The fourth-order valence-corrected chi connectivity index (χ4v) is 5.05. The highest BCUT2D eigenvalue weighted by Crippen LogP contribution is 2.42. The first-order valence-electron chi connectivity index (χ1n) is 12.9. The maximum Gasteiger partial charge on any atom is 0.291 e. The molecule has 0 saturated heterocycles. The molecule has 0 aliphatic carbocycles. The zero-order chi connectivity index (χ0) is 27.0. The van der Waals surface area contributed by atoms with E-state index >= 15 is 0 Å². The number of fused-ring (bicyclic) bond motifs is 2. The van der Waals surface area contributed by atoms with Crippen LogP contribution in [0.3, 0.4) is 0 Å². The molecule has 2 aromatic carbocycles. The lowest BCUT2D eigenvalue weighted by Crippen LogP contribution is -2.29. The van der Waals surface area contributed by atoms with Gasteiger partial charge in [-0.2, -0.15) is 0 Å². The van der Waals surface area contributed by atoms with Gasteiger partial charge in [-0.1, -0.05) is 32.0 Å². The Morgan fingerprint density at radius 2 is 1.89 bits per heavy atom. The van der Waals surface area contributed by atoms with E-state index in [2.05, 4.69) is 18.8 Å². The van der Waals surface area contributed by atoms with E-state index in [-0.39, 0.29) is 23.6 Å². The molecule has 7 nitrogen and oxygen atoms in total. The van der Waals surface area contributed by atoms with Crippen LogP contribution in [0.15, 0.2) is 64.1 Å². The summed E-state index contributed by atoms with van der Waals surface area (Å²) in [5.41, 5.74) is 3.96. The first-order valence-corrected chi connectivity index (χ1v) is 12.9. The summed E-state index contributed by atoms with van der Waals surface area (Å²) in [4.78, 5) is 33.6. The summed E-state index contributed by atoms with van der Waals surface area (Å²) < 4.78 is 17.8. The van der Waals surface area contributed by atoms with Gasteiger partial charge in [0.1, 0.15) is 5.58 Å². The summed E-state index contributed by atoms with van der Waals surface area (Å²) in [6, 6.07) is 12.4. The number of carbonyl (C=O) groups is 1. The number of aromatic nitrogens is 1. The second-order valence-corrected chi connectivity index (χ2v) is 10.3. The Morgan fingerprint density at radius 1 is 1.08 bits per heavy atom. The quantitative estimate of drug-likeness (QED) is 0.289. The summed E-state index contributed by atoms with van der Waals surface area (Å²) in [5, 5.41) is 0.475. The lowest BCUT2D eigenvalue weighted by Gasteiger charge is -2.26. The van der Waals surface area contributed by atoms with Crippen molar-refractivity contribution >= 4 is 16.9 Å². The van der Waals surface area contributed by atoms with Crippen molar-refractivity contribution in [1.82, 2.24) is 9.88 Å². The van der Waals surface area contributed by atoms with E-state index in [0.29, 0.717) is 40.6 Å². The van der Waals surface area contributed by atoms with Gasteiger partial charge in [0.2, 0.25) is 5.76 Å². The van der Waals surface area contributed by atoms with Crippen molar-refractivity contribution in [2.45, 2.75) is 46.7 Å². The number of carbonyl (C=O) groups excluding carboxylic acids is 1. The van der Waals surface area contributed by atoms with Gasteiger partial charge in [-0.05, 0) is 72.7 Å². The number of pyridine rings is 1. The molecule has 5 rings (SSSR count). The zero-order valence-electron chi connectivity index (χ0n) is 22.4. The van der Waals surface area contributed by atoms with Gasteiger partial charge in [-0.25, -0.2) is 0 Å². The number of methoxy groups -OCH3 is 1. The first-order chi connectivity index (χ1) is 18.3. The third-order valence-electron chi connectivity index (χ3n) is 6.93. The van der Waals surface area contributed by atoms with Gasteiger partial charge in [-0.3, -0.25) is 14.6 Å². The minimum absolute atomic E-state index is 0.0829. The predicted molar refractivity (Wildman–Crippen MR) is 146 cm³/mol. The number of rotatable bonds is 8. The second kappa shape index (κ2) is 10.3. The molecule has 1 aliphatic rings. The van der Waals surface area contributed by atoms with Gasteiger partial charge in [0.15, 0.2) is 16.9 Å². The molecule has 1 aliphatic heterocycles. The molecule has 1 amide bonds. The molecule has 1 atom stereocenters. The maximum absolute atomic E-state index is 14.0. The third-order valence-corrected chi connectivity index (χ3v) is 6.93. The summed E-state index contributed by atoms with van der Waals surface area (Å²) >= 11 is 0. The smallest absolute Gasteiger partial charge is 0.291 e. The van der Waals surface area contributed by atoms with Crippen LogP contribution in [0.25, 0.3) is 11.0 Å². The van der Waals surface area contributed by atoms with Crippen molar-refractivity contribution in [3.63, 3.8) is 0 Å². The first kappa shape index (κ1) is 25.5. The lowest BCUT2D eigenvalue weighted by atomic mass is 9.97. The highest BCUT2D eigenvalue weighted by molar-refractivity contribution is 5.99. The molecule has 196 valence electrons. The lowest BCUT2D eigenvalue weighted by molar-refractivity contribution is 0.0714. The van der Waals surface area contributed by atoms with Crippen molar-refractivity contribution in [3.8, 4) is 11.5 Å². The maximum atomic E-state index is 14.0. The molecule has 7 heteroatoms. The fourth-order valence-electron chi connectivity index (χ4n) is 5.05. The molecule has 4 aromatic rings. The normalized spacial score (nSPS) is 14.8. The summed E-state index contributed by atoms with van der Waals surface area (Å²) in [7, 11) is 1.59. The topological polar surface area (TPSA) is 81.9 Å². The molecule has 0 fully saturated rings. The van der Waals surface area contributed by atoms with E-state index in [0.717, 1.165) is 28.7 Å². The summed E-state index contributed by atoms with van der Waals surface area (Å²) in [6.07, 6.45) is 4.33. The van der Waals surface area contributed by atoms with Crippen molar-refractivity contribution in [1.29, 1.82) is 0 Å². The number of nitrogens with zero attached hydrogens (tertiary/aromatic N) is 2. The molecular weight excluding hydrogens is 480 g/mol. The standard InChI is InChI=1S/C31H32N2O5/c1-18(2)10-12-37-24-9-8-22(15-25(24)36-5)27-26-28(34)23-14-19(3)13-20(4)29(23)38-30(26)31(35)33(27)17-21-7-6-11-32-16-21/h6-9,11,13-16,18,27H,10,12,17H2,1-5H3/t27-/m0/s1. The Labute approximate surface area is 222 Å². The van der Waals surface area contributed by atoms with Crippen LogP contribution in [-0.4, -0.2) is 29.5 Å². The van der Waals surface area contributed by atoms with Crippen LogP contribution in [0.4, 0.5) is 0 Å². The molecular formula is C31H32N2O5. The highest BCUT2D eigenvalue weighted by atomic mass is 16.5. The Bertz CT molecular complexity index is 1560. The van der Waals surface area contributed by atoms with E-state index < -0.39 is 6.04 Å². The van der Waals surface area contributed by atoms with E-state index in [4.69, 9.17) is 13.9 Å². The minimum atomic E-state index is -0.655. The molecule has 0 saturated carbocycles. The summed E-state index contributed by atoms with van der Waals surface area (Å²) in [5.74, 6) is 1.44. The monoisotopic (exact) mass is 512 g/mol.